The minimum absolute atomic E-state index is 0.132. The fraction of sp³-hybridized carbons (Fsp3) is 0.500. The van der Waals surface area contributed by atoms with Gasteiger partial charge < -0.3 is 5.32 Å². The van der Waals surface area contributed by atoms with Crippen molar-refractivity contribution in [3.63, 3.8) is 0 Å². The number of hydrogen-bond donors (Lipinski definition) is 1. The molecule has 5 heteroatoms. The van der Waals surface area contributed by atoms with Gasteiger partial charge in [-0.25, -0.2) is 0 Å². The highest BCUT2D eigenvalue weighted by atomic mass is 79.9. The number of nitrogens with zero attached hydrogens (tertiary/aromatic N) is 2. The summed E-state index contributed by atoms with van der Waals surface area (Å²) in [7, 11) is 0. The van der Waals surface area contributed by atoms with E-state index in [1.54, 1.807) is 11.3 Å². The van der Waals surface area contributed by atoms with Crippen LogP contribution in [0.15, 0.2) is 22.1 Å². The Morgan fingerprint density at radius 1 is 1.42 bits per heavy atom. The van der Waals surface area contributed by atoms with Crippen LogP contribution in [0.1, 0.15) is 36.9 Å². The predicted molar refractivity (Wildman–Crippen MR) is 84.7 cm³/mol. The minimum atomic E-state index is 0.132. The second-order valence-electron chi connectivity index (χ2n) is 5.77. The van der Waals surface area contributed by atoms with Gasteiger partial charge in [-0.2, -0.15) is 5.10 Å². The number of thiophene rings is 1. The van der Waals surface area contributed by atoms with Crippen molar-refractivity contribution in [1.82, 2.24) is 15.1 Å². The van der Waals surface area contributed by atoms with Crippen LogP contribution in [0.4, 0.5) is 0 Å². The average molecular weight is 342 g/mol. The molecule has 0 fully saturated rings. The number of hydrogen-bond acceptors (Lipinski definition) is 3. The Balaban J connectivity index is 2.04. The first-order valence-electron chi connectivity index (χ1n) is 6.34. The fourth-order valence-corrected chi connectivity index (χ4v) is 3.21. The molecule has 0 saturated carbocycles. The van der Waals surface area contributed by atoms with Crippen LogP contribution in [0.25, 0.3) is 0 Å². The molecule has 0 saturated heterocycles. The first-order valence-corrected chi connectivity index (χ1v) is 8.01. The summed E-state index contributed by atoms with van der Waals surface area (Å²) >= 11 is 5.24. The summed E-state index contributed by atoms with van der Waals surface area (Å²) in [5.74, 6) is 0. The van der Waals surface area contributed by atoms with Crippen molar-refractivity contribution in [2.75, 3.05) is 0 Å². The summed E-state index contributed by atoms with van der Waals surface area (Å²) in [6.07, 6.45) is 2.14. The van der Waals surface area contributed by atoms with Crippen LogP contribution in [0.5, 0.6) is 0 Å². The summed E-state index contributed by atoms with van der Waals surface area (Å²) in [4.78, 5) is 1.31. The quantitative estimate of drug-likeness (QED) is 0.912. The number of nitrogens with one attached hydrogen (secondary N) is 1. The molecule has 0 aromatic carbocycles. The van der Waals surface area contributed by atoms with Crippen molar-refractivity contribution in [1.29, 1.82) is 0 Å². The molecule has 2 aromatic rings. The maximum absolute atomic E-state index is 4.58. The van der Waals surface area contributed by atoms with Gasteiger partial charge >= 0.3 is 0 Å². The molecule has 2 rings (SSSR count). The minimum Gasteiger partial charge on any atom is -0.308 e. The Hall–Kier alpha value is -0.650. The maximum Gasteiger partial charge on any atom is 0.0752 e. The summed E-state index contributed by atoms with van der Waals surface area (Å²) in [5.41, 5.74) is 2.51. The summed E-state index contributed by atoms with van der Waals surface area (Å²) in [5, 5.41) is 10.2. The zero-order valence-electron chi connectivity index (χ0n) is 11.8. The summed E-state index contributed by atoms with van der Waals surface area (Å²) in [6, 6.07) is 2.15. The van der Waals surface area contributed by atoms with Crippen molar-refractivity contribution in [2.24, 2.45) is 0 Å². The van der Waals surface area contributed by atoms with Crippen molar-refractivity contribution in [3.8, 4) is 0 Å². The van der Waals surface area contributed by atoms with Crippen molar-refractivity contribution < 1.29 is 0 Å². The molecule has 2 heterocycles. The van der Waals surface area contributed by atoms with Crippen LogP contribution in [0.3, 0.4) is 0 Å². The number of halogens is 1. The third-order valence-electron chi connectivity index (χ3n) is 2.80. The van der Waals surface area contributed by atoms with E-state index in [4.69, 9.17) is 0 Å². The van der Waals surface area contributed by atoms with Crippen LogP contribution in [0.2, 0.25) is 0 Å². The molecule has 104 valence electrons. The molecule has 1 N–H and O–H groups in total. The van der Waals surface area contributed by atoms with Gasteiger partial charge in [-0.05, 0) is 49.7 Å². The molecule has 0 spiro atoms. The Morgan fingerprint density at radius 2 is 2.16 bits per heavy atom. The standard InChI is InChI=1S/C14H20BrN3S/c1-10-11(6-16-14(2,3)4)7-18(17-10)8-13-5-12(15)9-19-13/h5,7,9,16H,6,8H2,1-4H3. The molecule has 0 radical (unpaired) electrons. The van der Waals surface area contributed by atoms with Gasteiger partial charge in [0, 0.05) is 38.6 Å². The average Bonchev–Trinajstić information content (AvgIpc) is 2.82. The highest BCUT2D eigenvalue weighted by Gasteiger charge is 2.11. The smallest absolute Gasteiger partial charge is 0.0752 e. The van der Waals surface area contributed by atoms with Gasteiger partial charge in [-0.1, -0.05) is 0 Å². The maximum atomic E-state index is 4.58. The van der Waals surface area contributed by atoms with Gasteiger partial charge in [0.05, 0.1) is 12.2 Å². The lowest BCUT2D eigenvalue weighted by molar-refractivity contribution is 0.423. The Kier molecular flexibility index (Phi) is 4.48. The highest BCUT2D eigenvalue weighted by molar-refractivity contribution is 9.10. The van der Waals surface area contributed by atoms with E-state index < -0.39 is 0 Å². The Labute approximate surface area is 127 Å². The highest BCUT2D eigenvalue weighted by Crippen LogP contribution is 2.21. The fourth-order valence-electron chi connectivity index (χ4n) is 1.77. The monoisotopic (exact) mass is 341 g/mol. The lowest BCUT2D eigenvalue weighted by Gasteiger charge is -2.20. The number of rotatable bonds is 4. The normalized spacial score (nSPS) is 12.1. The molecule has 0 aliphatic heterocycles. The molecule has 0 amide bonds. The van der Waals surface area contributed by atoms with Crippen molar-refractivity contribution >= 4 is 27.3 Å². The molecule has 0 aliphatic carbocycles. The van der Waals surface area contributed by atoms with Gasteiger partial charge in [0.2, 0.25) is 0 Å². The molecule has 0 bridgehead atoms. The number of aromatic nitrogens is 2. The predicted octanol–water partition coefficient (Wildman–Crippen LogP) is 3.95. The van der Waals surface area contributed by atoms with E-state index in [0.29, 0.717) is 0 Å². The molecule has 2 aromatic heterocycles. The second kappa shape index (κ2) is 5.77. The third kappa shape index (κ3) is 4.44. The zero-order valence-corrected chi connectivity index (χ0v) is 14.2. The van der Waals surface area contributed by atoms with Crippen LogP contribution in [-0.4, -0.2) is 15.3 Å². The molecule has 3 nitrogen and oxygen atoms in total. The zero-order chi connectivity index (χ0) is 14.0. The topological polar surface area (TPSA) is 29.9 Å². The van der Waals surface area contributed by atoms with Gasteiger partial charge in [0.1, 0.15) is 0 Å². The molecule has 0 aliphatic rings. The van der Waals surface area contributed by atoms with Gasteiger partial charge in [0.15, 0.2) is 0 Å². The van der Waals surface area contributed by atoms with Crippen molar-refractivity contribution in [3.05, 3.63) is 38.3 Å². The Bertz CT molecular complexity index is 551. The van der Waals surface area contributed by atoms with E-state index in [1.165, 1.54) is 10.4 Å². The summed E-state index contributed by atoms with van der Waals surface area (Å²) in [6.45, 7) is 10.3. The van der Waals surface area contributed by atoms with E-state index in [-0.39, 0.29) is 5.54 Å². The van der Waals surface area contributed by atoms with Gasteiger partial charge in [0.25, 0.3) is 0 Å². The first kappa shape index (κ1) is 14.8. The molecular weight excluding hydrogens is 322 g/mol. The molecular formula is C14H20BrN3S. The molecule has 0 unspecified atom stereocenters. The van der Waals surface area contributed by atoms with Gasteiger partial charge in [-0.3, -0.25) is 4.68 Å². The SMILES string of the molecule is Cc1nn(Cc2cc(Br)cs2)cc1CNC(C)(C)C. The Morgan fingerprint density at radius 3 is 2.74 bits per heavy atom. The summed E-state index contributed by atoms with van der Waals surface area (Å²) < 4.78 is 3.17. The van der Waals surface area contributed by atoms with Crippen molar-refractivity contribution in [2.45, 2.75) is 46.3 Å². The van der Waals surface area contributed by atoms with Gasteiger partial charge in [-0.15, -0.1) is 11.3 Å². The third-order valence-corrected chi connectivity index (χ3v) is 4.48. The largest absolute Gasteiger partial charge is 0.308 e. The van der Waals surface area contributed by atoms with E-state index in [9.17, 15) is 0 Å². The lowest BCUT2D eigenvalue weighted by atomic mass is 10.1. The van der Waals surface area contributed by atoms with Crippen LogP contribution < -0.4 is 5.32 Å². The van der Waals surface area contributed by atoms with Crippen LogP contribution in [0, 0.1) is 6.92 Å². The van der Waals surface area contributed by atoms with Crippen LogP contribution >= 0.6 is 27.3 Å². The first-order chi connectivity index (χ1) is 8.83. The second-order valence-corrected chi connectivity index (χ2v) is 7.68. The molecule has 0 atom stereocenters. The van der Waals surface area contributed by atoms with Crippen LogP contribution in [-0.2, 0) is 13.1 Å². The van der Waals surface area contributed by atoms with E-state index >= 15 is 0 Å². The van der Waals surface area contributed by atoms with E-state index in [0.717, 1.165) is 23.3 Å². The number of aryl methyl sites for hydroxylation is 1. The lowest BCUT2D eigenvalue weighted by Crippen LogP contribution is -2.35. The van der Waals surface area contributed by atoms with E-state index in [1.807, 2.05) is 4.68 Å². The van der Waals surface area contributed by atoms with E-state index in [2.05, 4.69) is 71.7 Å². The molecule has 19 heavy (non-hydrogen) atoms.